The zero-order valence-electron chi connectivity index (χ0n) is 18.8. The number of nitrogens with one attached hydrogen (secondary N) is 1. The molecule has 0 fully saturated rings. The van der Waals surface area contributed by atoms with Crippen LogP contribution in [0.15, 0.2) is 102 Å². The monoisotopic (exact) mass is 453 g/mol. The van der Waals surface area contributed by atoms with Crippen molar-refractivity contribution in [2.45, 2.75) is 36.7 Å². The maximum Gasteiger partial charge on any atom is 0.234 e. The van der Waals surface area contributed by atoms with Crippen LogP contribution in [0.1, 0.15) is 31.9 Å². The SMILES string of the molecule is CC[C@H](Sc1nc(-c2ccccc2)cc(-c2ccccc2)n1)C(=O)N[C@@H](C)c1ccccc1. The van der Waals surface area contributed by atoms with Crippen molar-refractivity contribution in [2.24, 2.45) is 0 Å². The third kappa shape index (κ3) is 5.88. The van der Waals surface area contributed by atoms with E-state index in [-0.39, 0.29) is 17.2 Å². The van der Waals surface area contributed by atoms with E-state index in [0.717, 1.165) is 28.1 Å². The lowest BCUT2D eigenvalue weighted by molar-refractivity contribution is -0.121. The van der Waals surface area contributed by atoms with Gasteiger partial charge in [-0.25, -0.2) is 9.97 Å². The minimum atomic E-state index is -0.286. The fraction of sp³-hybridized carbons (Fsp3) is 0.179. The lowest BCUT2D eigenvalue weighted by atomic mass is 10.1. The van der Waals surface area contributed by atoms with Gasteiger partial charge < -0.3 is 5.32 Å². The summed E-state index contributed by atoms with van der Waals surface area (Å²) >= 11 is 1.42. The normalized spacial score (nSPS) is 12.7. The third-order valence-electron chi connectivity index (χ3n) is 5.41. The molecule has 0 saturated carbocycles. The second-order valence-corrected chi connectivity index (χ2v) is 8.98. The number of carbonyl (C=O) groups is 1. The molecule has 5 heteroatoms. The van der Waals surface area contributed by atoms with Crippen LogP contribution in [-0.4, -0.2) is 21.1 Å². The molecule has 0 aliphatic rings. The Balaban J connectivity index is 1.60. The van der Waals surface area contributed by atoms with E-state index in [9.17, 15) is 4.79 Å². The molecule has 4 aromatic rings. The van der Waals surface area contributed by atoms with E-state index >= 15 is 0 Å². The number of benzene rings is 3. The highest BCUT2D eigenvalue weighted by atomic mass is 32.2. The summed E-state index contributed by atoms with van der Waals surface area (Å²) in [6.45, 7) is 4.02. The molecule has 166 valence electrons. The summed E-state index contributed by atoms with van der Waals surface area (Å²) in [5, 5.41) is 3.46. The lowest BCUT2D eigenvalue weighted by Crippen LogP contribution is -2.34. The van der Waals surface area contributed by atoms with Crippen LogP contribution in [0.2, 0.25) is 0 Å². The maximum atomic E-state index is 13.1. The van der Waals surface area contributed by atoms with Crippen LogP contribution in [0.4, 0.5) is 0 Å². The van der Waals surface area contributed by atoms with E-state index in [4.69, 9.17) is 9.97 Å². The number of hydrogen-bond donors (Lipinski definition) is 1. The van der Waals surface area contributed by atoms with E-state index in [1.807, 2.05) is 111 Å². The highest BCUT2D eigenvalue weighted by Gasteiger charge is 2.22. The summed E-state index contributed by atoms with van der Waals surface area (Å²) in [5.74, 6) is -0.00571. The molecule has 33 heavy (non-hydrogen) atoms. The molecule has 0 spiro atoms. The molecule has 0 aliphatic heterocycles. The van der Waals surface area contributed by atoms with Crippen LogP contribution in [0.25, 0.3) is 22.5 Å². The molecule has 4 rings (SSSR count). The standard InChI is InChI=1S/C28H27N3OS/c1-3-26(27(32)29-20(2)21-13-7-4-8-14-21)33-28-30-24(22-15-9-5-10-16-22)19-25(31-28)23-17-11-6-12-18-23/h4-20,26H,3H2,1-2H3,(H,29,32)/t20-,26-/m0/s1. The second kappa shape index (κ2) is 10.9. The van der Waals surface area contributed by atoms with Gasteiger partial charge in [0.25, 0.3) is 0 Å². The zero-order valence-corrected chi connectivity index (χ0v) is 19.6. The van der Waals surface area contributed by atoms with Gasteiger partial charge in [0.05, 0.1) is 22.7 Å². The fourth-order valence-electron chi connectivity index (χ4n) is 3.57. The van der Waals surface area contributed by atoms with E-state index in [2.05, 4.69) is 5.32 Å². The molecule has 3 aromatic carbocycles. The molecule has 1 amide bonds. The van der Waals surface area contributed by atoms with Gasteiger partial charge >= 0.3 is 0 Å². The molecule has 0 bridgehead atoms. The summed E-state index contributed by atoms with van der Waals surface area (Å²) < 4.78 is 0. The molecule has 1 heterocycles. The van der Waals surface area contributed by atoms with Crippen molar-refractivity contribution in [3.63, 3.8) is 0 Å². The van der Waals surface area contributed by atoms with Crippen molar-refractivity contribution < 1.29 is 4.79 Å². The van der Waals surface area contributed by atoms with Gasteiger partial charge in [0.1, 0.15) is 0 Å². The molecule has 0 radical (unpaired) electrons. The Morgan fingerprint density at radius 1 is 0.818 bits per heavy atom. The molecule has 0 unspecified atom stereocenters. The molecule has 4 nitrogen and oxygen atoms in total. The molecule has 2 atom stereocenters. The van der Waals surface area contributed by atoms with E-state index in [1.165, 1.54) is 11.8 Å². The van der Waals surface area contributed by atoms with Crippen LogP contribution < -0.4 is 5.32 Å². The minimum absolute atomic E-state index is 0.00571. The number of amides is 1. The van der Waals surface area contributed by atoms with Gasteiger partial charge in [-0.3, -0.25) is 4.79 Å². The number of thioether (sulfide) groups is 1. The number of aromatic nitrogens is 2. The summed E-state index contributed by atoms with van der Waals surface area (Å²) in [6, 6.07) is 32.1. The number of carbonyl (C=O) groups excluding carboxylic acids is 1. The highest BCUT2D eigenvalue weighted by molar-refractivity contribution is 8.00. The van der Waals surface area contributed by atoms with Crippen molar-refractivity contribution in [3.8, 4) is 22.5 Å². The maximum absolute atomic E-state index is 13.1. The Bertz CT molecular complexity index is 1130. The van der Waals surface area contributed by atoms with Crippen LogP contribution in [0.5, 0.6) is 0 Å². The van der Waals surface area contributed by atoms with Gasteiger partial charge in [-0.2, -0.15) is 0 Å². The largest absolute Gasteiger partial charge is 0.349 e. The summed E-state index contributed by atoms with van der Waals surface area (Å²) in [4.78, 5) is 22.7. The first kappa shape index (κ1) is 22.7. The predicted octanol–water partition coefficient (Wildman–Crippen LogP) is 6.56. The first-order chi connectivity index (χ1) is 16.1. The van der Waals surface area contributed by atoms with Crippen LogP contribution in [0.3, 0.4) is 0 Å². The Hall–Kier alpha value is -3.44. The van der Waals surface area contributed by atoms with E-state index in [0.29, 0.717) is 11.6 Å². The van der Waals surface area contributed by atoms with Gasteiger partial charge in [0.2, 0.25) is 5.91 Å². The first-order valence-electron chi connectivity index (χ1n) is 11.2. The van der Waals surface area contributed by atoms with Crippen LogP contribution in [0, 0.1) is 0 Å². The first-order valence-corrected chi connectivity index (χ1v) is 12.0. The lowest BCUT2D eigenvalue weighted by Gasteiger charge is -2.19. The molecule has 1 N–H and O–H groups in total. The number of nitrogens with zero attached hydrogens (tertiary/aromatic N) is 2. The Kier molecular flexibility index (Phi) is 7.53. The number of rotatable bonds is 8. The van der Waals surface area contributed by atoms with Gasteiger partial charge in [0.15, 0.2) is 5.16 Å². The van der Waals surface area contributed by atoms with Crippen LogP contribution >= 0.6 is 11.8 Å². The summed E-state index contributed by atoms with van der Waals surface area (Å²) in [6.07, 6.45) is 0.678. The van der Waals surface area contributed by atoms with Gasteiger partial charge in [-0.15, -0.1) is 0 Å². The quantitative estimate of drug-likeness (QED) is 0.242. The van der Waals surface area contributed by atoms with Gasteiger partial charge in [0, 0.05) is 11.1 Å². The van der Waals surface area contributed by atoms with Crippen molar-refractivity contribution in [2.75, 3.05) is 0 Å². The summed E-state index contributed by atoms with van der Waals surface area (Å²) in [7, 11) is 0. The number of hydrogen-bond acceptors (Lipinski definition) is 4. The van der Waals surface area contributed by atoms with E-state index in [1.54, 1.807) is 0 Å². The Morgan fingerprint density at radius 2 is 1.30 bits per heavy atom. The van der Waals surface area contributed by atoms with E-state index < -0.39 is 0 Å². The topological polar surface area (TPSA) is 54.9 Å². The zero-order chi connectivity index (χ0) is 23.0. The van der Waals surface area contributed by atoms with Crippen molar-refractivity contribution >= 4 is 17.7 Å². The second-order valence-electron chi connectivity index (χ2n) is 7.81. The smallest absolute Gasteiger partial charge is 0.234 e. The Labute approximate surface area is 199 Å². The third-order valence-corrected chi connectivity index (χ3v) is 6.64. The van der Waals surface area contributed by atoms with Crippen molar-refractivity contribution in [3.05, 3.63) is 103 Å². The van der Waals surface area contributed by atoms with Crippen molar-refractivity contribution in [1.29, 1.82) is 0 Å². The highest BCUT2D eigenvalue weighted by Crippen LogP contribution is 2.30. The molecular weight excluding hydrogens is 426 g/mol. The molecule has 1 aromatic heterocycles. The average Bonchev–Trinajstić information content (AvgIpc) is 2.88. The summed E-state index contributed by atoms with van der Waals surface area (Å²) in [5.41, 5.74) is 4.82. The van der Waals surface area contributed by atoms with Gasteiger partial charge in [-0.1, -0.05) is 110 Å². The minimum Gasteiger partial charge on any atom is -0.349 e. The average molecular weight is 454 g/mol. The predicted molar refractivity (Wildman–Crippen MR) is 136 cm³/mol. The molecular formula is C28H27N3OS. The van der Waals surface area contributed by atoms with Crippen LogP contribution in [-0.2, 0) is 4.79 Å². The Morgan fingerprint density at radius 3 is 1.79 bits per heavy atom. The fourth-order valence-corrected chi connectivity index (χ4v) is 4.47. The van der Waals surface area contributed by atoms with Gasteiger partial charge in [-0.05, 0) is 25.0 Å². The van der Waals surface area contributed by atoms with Crippen molar-refractivity contribution in [1.82, 2.24) is 15.3 Å². The molecule has 0 saturated heterocycles. The molecule has 0 aliphatic carbocycles.